The van der Waals surface area contributed by atoms with Gasteiger partial charge in [0.25, 0.3) is 5.91 Å². The molecule has 0 saturated carbocycles. The Balaban J connectivity index is 1.66. The van der Waals surface area contributed by atoms with Crippen LogP contribution in [0.4, 0.5) is 0 Å². The molecule has 0 aliphatic carbocycles. The van der Waals surface area contributed by atoms with Crippen molar-refractivity contribution in [2.45, 2.75) is 19.0 Å². The van der Waals surface area contributed by atoms with Gasteiger partial charge in [-0.2, -0.15) is 0 Å². The molecular formula is C26H26N3O4+. The fourth-order valence-corrected chi connectivity index (χ4v) is 3.76. The molecule has 33 heavy (non-hydrogen) atoms. The Hall–Kier alpha value is -4.13. The summed E-state index contributed by atoms with van der Waals surface area (Å²) in [6.45, 7) is 2.01. The van der Waals surface area contributed by atoms with Gasteiger partial charge in [0.15, 0.2) is 6.04 Å². The largest absolute Gasteiger partial charge is 0.497 e. The number of benzene rings is 3. The van der Waals surface area contributed by atoms with Gasteiger partial charge in [-0.3, -0.25) is 9.59 Å². The predicted molar refractivity (Wildman–Crippen MR) is 125 cm³/mol. The third-order valence-corrected chi connectivity index (χ3v) is 5.60. The second kappa shape index (κ2) is 9.56. The number of amides is 2. The van der Waals surface area contributed by atoms with Crippen LogP contribution in [0.3, 0.4) is 0 Å². The van der Waals surface area contributed by atoms with E-state index in [1.165, 1.54) is 0 Å². The van der Waals surface area contributed by atoms with Gasteiger partial charge >= 0.3 is 5.91 Å². The Kier molecular flexibility index (Phi) is 6.40. The molecule has 1 saturated heterocycles. The molecule has 1 aliphatic heterocycles. The summed E-state index contributed by atoms with van der Waals surface area (Å²) in [6, 6.07) is 21.0. The summed E-state index contributed by atoms with van der Waals surface area (Å²) in [6.07, 6.45) is 1.85. The van der Waals surface area contributed by atoms with E-state index in [2.05, 4.69) is 10.7 Å². The van der Waals surface area contributed by atoms with Crippen LogP contribution in [0.2, 0.25) is 0 Å². The van der Waals surface area contributed by atoms with E-state index in [4.69, 9.17) is 9.47 Å². The molecule has 2 N–H and O–H groups in total. The number of carbonyl (C=O) groups excluding carboxylic acids is 2. The smallest absolute Gasteiger partial charge is 0.304 e. The molecule has 0 aromatic heterocycles. The van der Waals surface area contributed by atoms with Crippen LogP contribution in [-0.2, 0) is 4.79 Å². The molecule has 1 aliphatic rings. The second-order valence-corrected chi connectivity index (χ2v) is 7.82. The molecule has 0 spiro atoms. The molecular weight excluding hydrogens is 418 g/mol. The van der Waals surface area contributed by atoms with Crippen molar-refractivity contribution in [1.82, 2.24) is 10.7 Å². The van der Waals surface area contributed by atoms with E-state index in [0.29, 0.717) is 11.3 Å². The maximum Gasteiger partial charge on any atom is 0.304 e. The highest BCUT2D eigenvalue weighted by Crippen LogP contribution is 2.26. The maximum atomic E-state index is 13.0. The van der Waals surface area contributed by atoms with E-state index >= 15 is 0 Å². The molecule has 2 amide bonds. The van der Waals surface area contributed by atoms with Gasteiger partial charge in [-0.25, -0.2) is 0 Å². The van der Waals surface area contributed by atoms with Crippen molar-refractivity contribution < 1.29 is 23.7 Å². The van der Waals surface area contributed by atoms with E-state index in [-0.39, 0.29) is 11.8 Å². The normalized spacial score (nSPS) is 18.6. The number of methoxy groups -OCH3 is 2. The molecule has 0 unspecified atom stereocenters. The first kappa shape index (κ1) is 22.1. The number of hydrogen-bond donors (Lipinski definition) is 2. The third kappa shape index (κ3) is 4.87. The minimum absolute atomic E-state index is 0.285. The van der Waals surface area contributed by atoms with E-state index in [1.54, 1.807) is 43.2 Å². The average molecular weight is 445 g/mol. The monoisotopic (exact) mass is 444 g/mol. The Morgan fingerprint density at radius 2 is 1.48 bits per heavy atom. The molecule has 168 valence electrons. The number of carbonyl (C=O) groups is 2. The van der Waals surface area contributed by atoms with Gasteiger partial charge in [0, 0.05) is 16.7 Å². The highest BCUT2D eigenvalue weighted by molar-refractivity contribution is 5.98. The quantitative estimate of drug-likeness (QED) is 0.573. The Labute approximate surface area is 192 Å². The lowest BCUT2D eigenvalue weighted by Gasteiger charge is -2.15. The standard InChI is InChI=1S/C26H25N3O4/c1-17-4-8-19(9-5-17)24-23(27-25(30)20-10-14-22(33-3)15-11-20)26(31)28-29(24)16-18-6-12-21(32-2)13-7-18/h4-16,23-24H,1-3H3,(H-,27,28,30,31)/p+1/b29-16-/t23-,24-/m1/s1. The van der Waals surface area contributed by atoms with Gasteiger partial charge in [-0.15, -0.1) is 10.1 Å². The van der Waals surface area contributed by atoms with Crippen LogP contribution in [0.25, 0.3) is 0 Å². The number of rotatable bonds is 6. The van der Waals surface area contributed by atoms with Crippen molar-refractivity contribution in [3.05, 3.63) is 95.1 Å². The third-order valence-electron chi connectivity index (χ3n) is 5.60. The van der Waals surface area contributed by atoms with Crippen molar-refractivity contribution in [1.29, 1.82) is 0 Å². The predicted octanol–water partition coefficient (Wildman–Crippen LogP) is 3.03. The summed E-state index contributed by atoms with van der Waals surface area (Å²) >= 11 is 0. The lowest BCUT2D eigenvalue weighted by Crippen LogP contribution is -2.42. The zero-order valence-electron chi connectivity index (χ0n) is 18.7. The van der Waals surface area contributed by atoms with Crippen molar-refractivity contribution in [2.75, 3.05) is 14.2 Å². The number of hydrazone groups is 1. The van der Waals surface area contributed by atoms with E-state index in [1.807, 2.05) is 61.7 Å². The highest BCUT2D eigenvalue weighted by Gasteiger charge is 2.47. The van der Waals surface area contributed by atoms with E-state index in [0.717, 1.165) is 22.4 Å². The summed E-state index contributed by atoms with van der Waals surface area (Å²) in [7, 11) is 3.18. The SMILES string of the molecule is COc1ccc(/C=[N+]2\NC(=O)[C@H](NC(=O)c3ccc(OC)cc3)[C@H]2c2ccc(C)cc2)cc1. The van der Waals surface area contributed by atoms with Crippen molar-refractivity contribution in [3.8, 4) is 11.5 Å². The summed E-state index contributed by atoms with van der Waals surface area (Å²) in [5.74, 6) is 0.786. The van der Waals surface area contributed by atoms with E-state index < -0.39 is 12.1 Å². The molecule has 3 aromatic rings. The van der Waals surface area contributed by atoms with Crippen LogP contribution in [-0.4, -0.2) is 43.0 Å². The zero-order valence-corrected chi connectivity index (χ0v) is 18.7. The first-order chi connectivity index (χ1) is 16.0. The Morgan fingerprint density at radius 3 is 2.06 bits per heavy atom. The van der Waals surface area contributed by atoms with Crippen LogP contribution in [0.1, 0.15) is 33.1 Å². The Morgan fingerprint density at radius 1 is 0.909 bits per heavy atom. The van der Waals surface area contributed by atoms with Crippen LogP contribution in [0, 0.1) is 6.92 Å². The summed E-state index contributed by atoms with van der Waals surface area (Å²) < 4.78 is 12.1. The summed E-state index contributed by atoms with van der Waals surface area (Å²) in [5.41, 5.74) is 6.24. The summed E-state index contributed by atoms with van der Waals surface area (Å²) in [5, 5.41) is 2.91. The van der Waals surface area contributed by atoms with Crippen LogP contribution >= 0.6 is 0 Å². The molecule has 0 bridgehead atoms. The number of hydrogen-bond acceptors (Lipinski definition) is 4. The molecule has 7 heteroatoms. The molecule has 3 aromatic carbocycles. The molecule has 1 heterocycles. The lowest BCUT2D eigenvalue weighted by molar-refractivity contribution is -0.596. The van der Waals surface area contributed by atoms with Gasteiger partial charge in [0.05, 0.1) is 14.2 Å². The number of ether oxygens (including phenoxy) is 2. The fourth-order valence-electron chi connectivity index (χ4n) is 3.76. The zero-order chi connectivity index (χ0) is 23.4. The lowest BCUT2D eigenvalue weighted by atomic mass is 9.98. The molecule has 1 fully saturated rings. The van der Waals surface area contributed by atoms with E-state index in [9.17, 15) is 9.59 Å². The molecule has 2 atom stereocenters. The average Bonchev–Trinajstić information content (AvgIpc) is 3.14. The molecule has 4 rings (SSSR count). The van der Waals surface area contributed by atoms with Crippen LogP contribution < -0.4 is 20.2 Å². The minimum atomic E-state index is -0.781. The molecule has 0 radical (unpaired) electrons. The maximum absolute atomic E-state index is 13.0. The van der Waals surface area contributed by atoms with Gasteiger partial charge in [-0.05, 0) is 55.5 Å². The number of nitrogens with zero attached hydrogens (tertiary/aromatic N) is 1. The van der Waals surface area contributed by atoms with Gasteiger partial charge < -0.3 is 14.8 Å². The fraction of sp³-hybridized carbons (Fsp3) is 0.192. The van der Waals surface area contributed by atoms with Gasteiger partial charge in [0.2, 0.25) is 12.3 Å². The topological polar surface area (TPSA) is 79.7 Å². The second-order valence-electron chi connectivity index (χ2n) is 7.82. The van der Waals surface area contributed by atoms with Crippen LogP contribution in [0.5, 0.6) is 11.5 Å². The van der Waals surface area contributed by atoms with Crippen LogP contribution in [0.15, 0.2) is 72.8 Å². The molecule has 7 nitrogen and oxygen atoms in total. The van der Waals surface area contributed by atoms with Crippen molar-refractivity contribution in [2.24, 2.45) is 0 Å². The van der Waals surface area contributed by atoms with Crippen molar-refractivity contribution in [3.63, 3.8) is 0 Å². The number of hydrazine groups is 1. The number of aryl methyl sites for hydroxylation is 1. The minimum Gasteiger partial charge on any atom is -0.497 e. The highest BCUT2D eigenvalue weighted by atomic mass is 16.5. The Bertz CT molecular complexity index is 1170. The number of nitrogens with one attached hydrogen (secondary N) is 2. The first-order valence-corrected chi connectivity index (χ1v) is 10.6. The first-order valence-electron chi connectivity index (χ1n) is 10.6. The summed E-state index contributed by atoms with van der Waals surface area (Å²) in [4.78, 5) is 25.9. The van der Waals surface area contributed by atoms with Gasteiger partial charge in [0.1, 0.15) is 11.5 Å². The van der Waals surface area contributed by atoms with Crippen molar-refractivity contribution >= 4 is 18.0 Å². The van der Waals surface area contributed by atoms with Gasteiger partial charge in [-0.1, -0.05) is 29.8 Å².